The van der Waals surface area contributed by atoms with E-state index in [4.69, 9.17) is 21.1 Å². The Hall–Kier alpha value is -3.69. The van der Waals surface area contributed by atoms with Gasteiger partial charge in [-0.3, -0.25) is 9.59 Å². The molecular weight excluding hydrogens is 550 g/mol. The molecule has 3 aromatic rings. The Balaban J connectivity index is 1.54. The van der Waals surface area contributed by atoms with Gasteiger partial charge in [0.25, 0.3) is 11.8 Å². The van der Waals surface area contributed by atoms with Crippen LogP contribution in [0.3, 0.4) is 0 Å². The molecule has 3 aromatic carbocycles. The van der Waals surface area contributed by atoms with Gasteiger partial charge in [0.1, 0.15) is 11.5 Å². The van der Waals surface area contributed by atoms with Crippen LogP contribution in [0, 0.1) is 0 Å². The molecule has 36 heavy (non-hydrogen) atoms. The molecule has 186 valence electrons. The minimum absolute atomic E-state index is 0.246. The zero-order valence-corrected chi connectivity index (χ0v) is 21.6. The summed E-state index contributed by atoms with van der Waals surface area (Å²) in [5.41, 5.74) is 3.51. The highest BCUT2D eigenvalue weighted by Crippen LogP contribution is 2.23. The third-order valence-corrected chi connectivity index (χ3v) is 5.39. The third kappa shape index (κ3) is 8.21. The summed E-state index contributed by atoms with van der Waals surface area (Å²) in [4.78, 5) is 36.8. The van der Waals surface area contributed by atoms with Gasteiger partial charge in [-0.25, -0.2) is 10.2 Å². The molecule has 0 aliphatic carbocycles. The van der Waals surface area contributed by atoms with Crippen LogP contribution in [0.25, 0.3) is 0 Å². The number of nitrogens with one attached hydrogen (secondary N) is 2. The van der Waals surface area contributed by atoms with E-state index < -0.39 is 17.8 Å². The topological polar surface area (TPSA) is 106 Å². The number of halogens is 2. The predicted molar refractivity (Wildman–Crippen MR) is 141 cm³/mol. The fourth-order valence-corrected chi connectivity index (χ4v) is 3.36. The second-order valence-corrected chi connectivity index (χ2v) is 8.78. The zero-order valence-electron chi connectivity index (χ0n) is 19.3. The summed E-state index contributed by atoms with van der Waals surface area (Å²) in [7, 11) is 0. The van der Waals surface area contributed by atoms with Crippen LogP contribution in [-0.4, -0.2) is 37.1 Å². The Morgan fingerprint density at radius 3 is 2.39 bits per heavy atom. The summed E-state index contributed by atoms with van der Waals surface area (Å²) in [6, 6.07) is 17.9. The van der Waals surface area contributed by atoms with Crippen LogP contribution < -0.4 is 20.2 Å². The van der Waals surface area contributed by atoms with E-state index in [0.717, 1.165) is 10.9 Å². The number of carbonyl (C=O) groups excluding carboxylic acids is 3. The molecule has 0 bridgehead atoms. The summed E-state index contributed by atoms with van der Waals surface area (Å²) in [5.74, 6) is -0.584. The van der Waals surface area contributed by atoms with E-state index in [2.05, 4.69) is 31.8 Å². The van der Waals surface area contributed by atoms with Crippen molar-refractivity contribution in [3.8, 4) is 11.5 Å². The van der Waals surface area contributed by atoms with Crippen molar-refractivity contribution in [1.82, 2.24) is 10.7 Å². The Morgan fingerprint density at radius 1 is 1.00 bits per heavy atom. The largest absolute Gasteiger partial charge is 0.494 e. The van der Waals surface area contributed by atoms with E-state index >= 15 is 0 Å². The molecule has 2 amide bonds. The maximum atomic E-state index is 12.4. The molecule has 8 nitrogen and oxygen atoms in total. The summed E-state index contributed by atoms with van der Waals surface area (Å²) in [6.07, 6.45) is 2.22. The number of hydrogen-bond acceptors (Lipinski definition) is 6. The highest BCUT2D eigenvalue weighted by Gasteiger charge is 2.12. The fraction of sp³-hybridized carbons (Fsp3) is 0.154. The minimum Gasteiger partial charge on any atom is -0.494 e. The molecule has 2 N–H and O–H groups in total. The number of nitrogens with zero attached hydrogens (tertiary/aromatic N) is 1. The van der Waals surface area contributed by atoms with E-state index in [-0.39, 0.29) is 12.3 Å². The average molecular weight is 573 g/mol. The summed E-state index contributed by atoms with van der Waals surface area (Å²) in [6.45, 7) is 2.33. The van der Waals surface area contributed by atoms with Crippen LogP contribution in [0.4, 0.5) is 0 Å². The van der Waals surface area contributed by atoms with Crippen molar-refractivity contribution < 1.29 is 23.9 Å². The van der Waals surface area contributed by atoms with Gasteiger partial charge in [0.2, 0.25) is 0 Å². The molecule has 10 heteroatoms. The monoisotopic (exact) mass is 571 g/mol. The first-order valence-corrected chi connectivity index (χ1v) is 12.1. The Morgan fingerprint density at radius 2 is 1.69 bits per heavy atom. The summed E-state index contributed by atoms with van der Waals surface area (Å²) in [5, 5.41) is 6.94. The lowest BCUT2D eigenvalue weighted by molar-refractivity contribution is -0.120. The molecule has 0 spiro atoms. The van der Waals surface area contributed by atoms with Crippen LogP contribution >= 0.6 is 27.5 Å². The van der Waals surface area contributed by atoms with Gasteiger partial charge in [0.05, 0.1) is 24.9 Å². The number of hydrogen-bond donors (Lipinski definition) is 2. The van der Waals surface area contributed by atoms with Gasteiger partial charge < -0.3 is 14.8 Å². The Kier molecular flexibility index (Phi) is 10.0. The molecule has 0 heterocycles. The number of rotatable bonds is 10. The van der Waals surface area contributed by atoms with Crippen molar-refractivity contribution in [3.05, 3.63) is 92.9 Å². The summed E-state index contributed by atoms with van der Waals surface area (Å²) >= 11 is 9.21. The summed E-state index contributed by atoms with van der Waals surface area (Å²) < 4.78 is 11.7. The van der Waals surface area contributed by atoms with Gasteiger partial charge in [0.15, 0.2) is 0 Å². The predicted octanol–water partition coefficient (Wildman–Crippen LogP) is 4.99. The van der Waals surface area contributed by atoms with Crippen molar-refractivity contribution in [2.45, 2.75) is 13.3 Å². The third-order valence-electron chi connectivity index (χ3n) is 4.65. The first-order chi connectivity index (χ1) is 17.4. The van der Waals surface area contributed by atoms with Crippen molar-refractivity contribution in [2.24, 2.45) is 5.10 Å². The van der Waals surface area contributed by atoms with Gasteiger partial charge in [-0.2, -0.15) is 5.10 Å². The van der Waals surface area contributed by atoms with Gasteiger partial charge in [-0.05, 0) is 73.2 Å². The lowest BCUT2D eigenvalue weighted by Gasteiger charge is -2.08. The smallest absolute Gasteiger partial charge is 0.343 e. The second kappa shape index (κ2) is 13.4. The number of esters is 1. The number of carbonyl (C=O) groups is 3. The van der Waals surface area contributed by atoms with Gasteiger partial charge in [-0.15, -0.1) is 0 Å². The average Bonchev–Trinajstić information content (AvgIpc) is 2.88. The van der Waals surface area contributed by atoms with Crippen molar-refractivity contribution in [2.75, 3.05) is 13.2 Å². The molecule has 0 atom stereocenters. The molecule has 0 aliphatic heterocycles. The molecule has 0 aliphatic rings. The number of ether oxygens (including phenoxy) is 2. The number of amides is 2. The van der Waals surface area contributed by atoms with E-state index in [1.165, 1.54) is 6.21 Å². The maximum Gasteiger partial charge on any atom is 0.343 e. The van der Waals surface area contributed by atoms with Crippen molar-refractivity contribution in [3.63, 3.8) is 0 Å². The number of hydrazone groups is 1. The van der Waals surface area contributed by atoms with Crippen molar-refractivity contribution >= 4 is 51.5 Å². The normalized spacial score (nSPS) is 10.6. The SMILES string of the molecule is CCCOc1ccc(C(=O)NCC(=O)N/N=C/c2cc(Br)ccc2OC(=O)c2ccc(Cl)cc2)cc1. The van der Waals surface area contributed by atoms with E-state index in [9.17, 15) is 14.4 Å². The lowest BCUT2D eigenvalue weighted by atomic mass is 10.2. The Bertz CT molecular complexity index is 1250. The Labute approximate surface area is 221 Å². The van der Waals surface area contributed by atoms with Crippen LogP contribution in [-0.2, 0) is 4.79 Å². The van der Waals surface area contributed by atoms with E-state index in [1.807, 2.05) is 6.92 Å². The molecule has 0 saturated heterocycles. The molecule has 0 radical (unpaired) electrons. The van der Waals surface area contributed by atoms with Crippen LogP contribution in [0.5, 0.6) is 11.5 Å². The van der Waals surface area contributed by atoms with Gasteiger partial charge in [0, 0.05) is 20.6 Å². The second-order valence-electron chi connectivity index (χ2n) is 7.43. The molecule has 0 fully saturated rings. The fourth-order valence-electron chi connectivity index (χ4n) is 2.86. The maximum absolute atomic E-state index is 12.4. The molecule has 3 rings (SSSR count). The van der Waals surface area contributed by atoms with E-state index in [1.54, 1.807) is 66.7 Å². The zero-order chi connectivity index (χ0) is 25.9. The minimum atomic E-state index is -0.569. The highest BCUT2D eigenvalue weighted by atomic mass is 79.9. The number of benzene rings is 3. The van der Waals surface area contributed by atoms with E-state index in [0.29, 0.717) is 34.1 Å². The van der Waals surface area contributed by atoms with Crippen molar-refractivity contribution in [1.29, 1.82) is 0 Å². The van der Waals surface area contributed by atoms with Gasteiger partial charge >= 0.3 is 5.97 Å². The highest BCUT2D eigenvalue weighted by molar-refractivity contribution is 9.10. The lowest BCUT2D eigenvalue weighted by Crippen LogP contribution is -2.34. The first kappa shape index (κ1) is 26.9. The standard InChI is InChI=1S/C26H23BrClN3O5/c1-2-13-35-22-10-5-17(6-11-22)25(33)29-16-24(32)31-30-15-19-14-20(27)7-12-23(19)36-26(34)18-3-8-21(28)9-4-18/h3-12,14-15H,2,13,16H2,1H3,(H,29,33)(H,31,32)/b30-15+. The van der Waals surface area contributed by atoms with Crippen LogP contribution in [0.15, 0.2) is 76.3 Å². The molecule has 0 unspecified atom stereocenters. The first-order valence-electron chi connectivity index (χ1n) is 11.0. The van der Waals surface area contributed by atoms with Crippen LogP contribution in [0.2, 0.25) is 5.02 Å². The van der Waals surface area contributed by atoms with Crippen LogP contribution in [0.1, 0.15) is 39.6 Å². The molecule has 0 saturated carbocycles. The quantitative estimate of drug-likeness (QED) is 0.154. The molecule has 0 aromatic heterocycles. The molecular formula is C26H23BrClN3O5. The van der Waals surface area contributed by atoms with Gasteiger partial charge in [-0.1, -0.05) is 34.5 Å².